The van der Waals surface area contributed by atoms with Gasteiger partial charge in [0.05, 0.1) is 6.20 Å². The number of anilines is 2. The summed E-state index contributed by atoms with van der Waals surface area (Å²) in [6.07, 6.45) is 8.01. The first-order valence-electron chi connectivity index (χ1n) is 6.88. The van der Waals surface area contributed by atoms with E-state index in [0.29, 0.717) is 6.04 Å². The monoisotopic (exact) mass is 261 g/mol. The molecule has 1 atom stereocenters. The third kappa shape index (κ3) is 3.36. The number of hydrogen-bond donors (Lipinski definition) is 2. The lowest BCUT2D eigenvalue weighted by Gasteiger charge is -2.16. The summed E-state index contributed by atoms with van der Waals surface area (Å²) in [5.74, 6) is 2.41. The van der Waals surface area contributed by atoms with Gasteiger partial charge in [0.2, 0.25) is 0 Å². The molecule has 2 aromatic heterocycles. The van der Waals surface area contributed by atoms with Gasteiger partial charge in [-0.1, -0.05) is 13.8 Å². The summed E-state index contributed by atoms with van der Waals surface area (Å²) in [6.45, 7) is 6.69. The van der Waals surface area contributed by atoms with Crippen LogP contribution in [0.1, 0.15) is 33.6 Å². The highest BCUT2D eigenvalue weighted by molar-refractivity contribution is 5.65. The molecular formula is C14H23N5. The van der Waals surface area contributed by atoms with E-state index in [0.717, 1.165) is 29.6 Å². The number of rotatable bonds is 6. The highest BCUT2D eigenvalue weighted by Crippen LogP contribution is 2.18. The van der Waals surface area contributed by atoms with E-state index in [4.69, 9.17) is 0 Å². The zero-order valence-electron chi connectivity index (χ0n) is 12.1. The van der Waals surface area contributed by atoms with E-state index >= 15 is 0 Å². The van der Waals surface area contributed by atoms with Crippen LogP contribution in [-0.4, -0.2) is 27.5 Å². The molecule has 5 nitrogen and oxygen atoms in total. The van der Waals surface area contributed by atoms with Crippen LogP contribution in [0.25, 0.3) is 5.65 Å². The van der Waals surface area contributed by atoms with Crippen LogP contribution in [0, 0.1) is 5.92 Å². The van der Waals surface area contributed by atoms with Crippen LogP contribution in [0.3, 0.4) is 0 Å². The molecule has 2 aromatic rings. The lowest BCUT2D eigenvalue weighted by Crippen LogP contribution is -2.18. The number of fused-ring (bicyclic) bond motifs is 1. The fraction of sp³-hybridized carbons (Fsp3) is 0.571. The van der Waals surface area contributed by atoms with Crippen molar-refractivity contribution in [3.8, 4) is 0 Å². The predicted octanol–water partition coefficient (Wildman–Crippen LogP) is 3.01. The van der Waals surface area contributed by atoms with Crippen LogP contribution in [0.4, 0.5) is 11.6 Å². The first-order valence-corrected chi connectivity index (χ1v) is 6.88. The maximum absolute atomic E-state index is 4.55. The zero-order valence-corrected chi connectivity index (χ0v) is 12.1. The maximum atomic E-state index is 4.55. The van der Waals surface area contributed by atoms with Crippen LogP contribution in [-0.2, 0) is 0 Å². The van der Waals surface area contributed by atoms with Gasteiger partial charge in [-0.2, -0.15) is 0 Å². The third-order valence-electron chi connectivity index (χ3n) is 3.19. The molecule has 104 valence electrons. The Morgan fingerprint density at radius 1 is 1.26 bits per heavy atom. The van der Waals surface area contributed by atoms with Gasteiger partial charge < -0.3 is 15.0 Å². The normalized spacial score (nSPS) is 12.9. The molecule has 19 heavy (non-hydrogen) atoms. The molecule has 0 saturated carbocycles. The Kier molecular flexibility index (Phi) is 4.24. The van der Waals surface area contributed by atoms with Crippen molar-refractivity contribution in [3.05, 3.63) is 18.6 Å². The molecule has 2 N–H and O–H groups in total. The van der Waals surface area contributed by atoms with Gasteiger partial charge in [-0.05, 0) is 25.7 Å². The molecule has 0 amide bonds. The summed E-state index contributed by atoms with van der Waals surface area (Å²) >= 11 is 0. The van der Waals surface area contributed by atoms with Gasteiger partial charge in [-0.3, -0.25) is 0 Å². The summed E-state index contributed by atoms with van der Waals surface area (Å²) < 4.78 is 1.98. The minimum absolute atomic E-state index is 0.391. The summed E-state index contributed by atoms with van der Waals surface area (Å²) in [6, 6.07) is 0.391. The van der Waals surface area contributed by atoms with Gasteiger partial charge in [0.1, 0.15) is 5.82 Å². The number of hydrogen-bond acceptors (Lipinski definition) is 4. The van der Waals surface area contributed by atoms with Crippen LogP contribution < -0.4 is 10.6 Å². The first kappa shape index (κ1) is 13.6. The van der Waals surface area contributed by atoms with E-state index in [2.05, 4.69) is 41.4 Å². The fourth-order valence-electron chi connectivity index (χ4n) is 2.04. The van der Waals surface area contributed by atoms with Crippen molar-refractivity contribution >= 4 is 17.3 Å². The average Bonchev–Trinajstić information content (AvgIpc) is 2.84. The maximum Gasteiger partial charge on any atom is 0.180 e. The van der Waals surface area contributed by atoms with Gasteiger partial charge in [0.25, 0.3) is 0 Å². The van der Waals surface area contributed by atoms with Crippen molar-refractivity contribution in [1.29, 1.82) is 0 Å². The van der Waals surface area contributed by atoms with Crippen LogP contribution in [0.2, 0.25) is 0 Å². The van der Waals surface area contributed by atoms with E-state index in [-0.39, 0.29) is 0 Å². The van der Waals surface area contributed by atoms with Crippen LogP contribution in [0.15, 0.2) is 18.6 Å². The molecule has 0 aliphatic carbocycles. The van der Waals surface area contributed by atoms with Crippen LogP contribution >= 0.6 is 0 Å². The molecule has 0 aliphatic rings. The van der Waals surface area contributed by atoms with E-state index in [1.807, 2.05) is 23.8 Å². The van der Waals surface area contributed by atoms with E-state index in [9.17, 15) is 0 Å². The molecule has 5 heteroatoms. The molecule has 0 saturated heterocycles. The summed E-state index contributed by atoms with van der Waals surface area (Å²) in [5, 5.41) is 6.54. The summed E-state index contributed by atoms with van der Waals surface area (Å²) in [7, 11) is 1.87. The Balaban J connectivity index is 2.16. The number of aromatic nitrogens is 3. The number of nitrogens with one attached hydrogen (secondary N) is 2. The minimum Gasteiger partial charge on any atom is -0.372 e. The van der Waals surface area contributed by atoms with Crippen molar-refractivity contribution < 1.29 is 0 Å². The Hall–Kier alpha value is -1.78. The van der Waals surface area contributed by atoms with E-state index < -0.39 is 0 Å². The fourth-order valence-corrected chi connectivity index (χ4v) is 2.04. The van der Waals surface area contributed by atoms with Gasteiger partial charge in [-0.15, -0.1) is 0 Å². The second kappa shape index (κ2) is 5.91. The molecule has 2 heterocycles. The molecule has 0 aromatic carbocycles. The second-order valence-electron chi connectivity index (χ2n) is 5.40. The molecule has 1 unspecified atom stereocenters. The average molecular weight is 261 g/mol. The lowest BCUT2D eigenvalue weighted by molar-refractivity contribution is 0.527. The second-order valence-corrected chi connectivity index (χ2v) is 5.40. The van der Waals surface area contributed by atoms with Crippen molar-refractivity contribution in [3.63, 3.8) is 0 Å². The van der Waals surface area contributed by atoms with Gasteiger partial charge >= 0.3 is 0 Å². The standard InChI is InChI=1S/C14H23N5/c1-10(2)5-6-11(3)17-13-14-16-7-8-19(14)9-12(15-4)18-13/h7-11,15H,5-6H2,1-4H3,(H,17,18). The Labute approximate surface area is 114 Å². The van der Waals surface area contributed by atoms with E-state index in [1.165, 1.54) is 6.42 Å². The molecule has 2 rings (SSSR count). The lowest BCUT2D eigenvalue weighted by atomic mass is 10.0. The third-order valence-corrected chi connectivity index (χ3v) is 3.19. The minimum atomic E-state index is 0.391. The van der Waals surface area contributed by atoms with Gasteiger partial charge in [0.15, 0.2) is 11.5 Å². The van der Waals surface area contributed by atoms with Gasteiger partial charge in [0, 0.05) is 25.5 Å². The smallest absolute Gasteiger partial charge is 0.180 e. The Morgan fingerprint density at radius 2 is 2.05 bits per heavy atom. The largest absolute Gasteiger partial charge is 0.372 e. The van der Waals surface area contributed by atoms with Crippen LogP contribution in [0.5, 0.6) is 0 Å². The van der Waals surface area contributed by atoms with Crippen molar-refractivity contribution in [2.45, 2.75) is 39.7 Å². The topological polar surface area (TPSA) is 54.2 Å². The highest BCUT2D eigenvalue weighted by atomic mass is 15.1. The van der Waals surface area contributed by atoms with Crippen molar-refractivity contribution in [2.24, 2.45) is 5.92 Å². The molecule has 0 fully saturated rings. The highest BCUT2D eigenvalue weighted by Gasteiger charge is 2.10. The predicted molar refractivity (Wildman–Crippen MR) is 79.7 cm³/mol. The molecule has 0 bridgehead atoms. The first-order chi connectivity index (χ1) is 9.10. The van der Waals surface area contributed by atoms with Crippen molar-refractivity contribution in [1.82, 2.24) is 14.4 Å². The zero-order chi connectivity index (χ0) is 13.8. The van der Waals surface area contributed by atoms with Gasteiger partial charge in [-0.25, -0.2) is 9.97 Å². The molecule has 0 aliphatic heterocycles. The molecular weight excluding hydrogens is 238 g/mol. The Morgan fingerprint density at radius 3 is 2.74 bits per heavy atom. The molecule has 0 spiro atoms. The summed E-state index contributed by atoms with van der Waals surface area (Å²) in [5.41, 5.74) is 0.871. The van der Waals surface area contributed by atoms with Crippen molar-refractivity contribution in [2.75, 3.05) is 17.7 Å². The molecule has 0 radical (unpaired) electrons. The number of imidazole rings is 1. The van der Waals surface area contributed by atoms with E-state index in [1.54, 1.807) is 6.20 Å². The quantitative estimate of drug-likeness (QED) is 0.839. The summed E-state index contributed by atoms with van der Waals surface area (Å²) in [4.78, 5) is 8.91. The number of nitrogens with zero attached hydrogens (tertiary/aromatic N) is 3. The SMILES string of the molecule is CNc1cn2ccnc2c(NC(C)CCC(C)C)n1. The Bertz CT molecular complexity index is 532.